The molecule has 0 saturated heterocycles. The maximum Gasteiger partial charge on any atom is 0.354 e. The molecule has 1 aliphatic rings. The van der Waals surface area contributed by atoms with Gasteiger partial charge in [-0.05, 0) is 48.0 Å². The van der Waals surface area contributed by atoms with Crippen LogP contribution in [0, 0.1) is 5.82 Å². The maximum absolute atomic E-state index is 13.8. The average Bonchev–Trinajstić information content (AvgIpc) is 3.37. The first-order valence-electron chi connectivity index (χ1n) is 11.1. The largest absolute Gasteiger partial charge is 0.505 e. The topological polar surface area (TPSA) is 100 Å². The molecule has 0 unspecified atom stereocenters. The van der Waals surface area contributed by atoms with E-state index in [1.807, 2.05) is 0 Å². The number of fused-ring (bicyclic) bond motifs is 4. The molecule has 0 bridgehead atoms. The van der Waals surface area contributed by atoms with Crippen molar-refractivity contribution in [3.05, 3.63) is 92.8 Å². The molecule has 2 aromatic heterocycles. The number of nitrogens with zero attached hydrogens (tertiary/aromatic N) is 1. The van der Waals surface area contributed by atoms with Crippen LogP contribution in [0.1, 0.15) is 5.56 Å². The van der Waals surface area contributed by atoms with Gasteiger partial charge in [0.2, 0.25) is 6.79 Å². The number of methoxy groups -OCH3 is 1. The molecule has 186 valence electrons. The van der Waals surface area contributed by atoms with Gasteiger partial charge in [-0.1, -0.05) is 23.9 Å². The highest BCUT2D eigenvalue weighted by Gasteiger charge is 2.25. The molecule has 0 aliphatic carbocycles. The van der Waals surface area contributed by atoms with Crippen LogP contribution in [0.15, 0.2) is 84.5 Å². The Morgan fingerprint density at radius 1 is 1.03 bits per heavy atom. The molecule has 8 nitrogen and oxygen atoms in total. The number of halogens is 1. The quantitative estimate of drug-likeness (QED) is 0.328. The Kier molecular flexibility index (Phi) is 5.53. The minimum atomic E-state index is -0.791. The van der Waals surface area contributed by atoms with Crippen LogP contribution >= 0.6 is 11.8 Å². The van der Waals surface area contributed by atoms with Crippen molar-refractivity contribution in [3.8, 4) is 23.0 Å². The van der Waals surface area contributed by atoms with Crippen LogP contribution in [0.2, 0.25) is 0 Å². The molecule has 0 radical (unpaired) electrons. The number of aromatic hydroxyl groups is 1. The summed E-state index contributed by atoms with van der Waals surface area (Å²) in [7, 11) is 1.54. The van der Waals surface area contributed by atoms with Crippen molar-refractivity contribution < 1.29 is 28.1 Å². The van der Waals surface area contributed by atoms with Crippen LogP contribution in [0.3, 0.4) is 0 Å². The molecule has 1 N–H and O–H groups in total. The molecule has 0 spiro atoms. The second-order valence-corrected chi connectivity index (χ2v) is 9.37. The lowest BCUT2D eigenvalue weighted by Gasteiger charge is -2.15. The Labute approximate surface area is 212 Å². The normalized spacial score (nSPS) is 12.4. The zero-order valence-corrected chi connectivity index (χ0v) is 20.1. The summed E-state index contributed by atoms with van der Waals surface area (Å²) in [5.74, 6) is 0.594. The van der Waals surface area contributed by atoms with Gasteiger partial charge >= 0.3 is 5.63 Å². The smallest absolute Gasteiger partial charge is 0.354 e. The predicted octanol–water partition coefficient (Wildman–Crippen LogP) is 4.89. The monoisotopic (exact) mass is 519 g/mol. The van der Waals surface area contributed by atoms with E-state index >= 15 is 0 Å². The molecule has 0 saturated carbocycles. The minimum absolute atomic E-state index is 0.00360. The Morgan fingerprint density at radius 3 is 2.43 bits per heavy atom. The molecule has 3 heterocycles. The lowest BCUT2D eigenvalue weighted by atomic mass is 10.1. The van der Waals surface area contributed by atoms with Gasteiger partial charge in [0, 0.05) is 16.3 Å². The van der Waals surface area contributed by atoms with E-state index in [0.29, 0.717) is 38.6 Å². The van der Waals surface area contributed by atoms with Gasteiger partial charge in [0.25, 0.3) is 5.56 Å². The number of rotatable bonds is 5. The molecule has 10 heteroatoms. The first kappa shape index (κ1) is 23.0. The van der Waals surface area contributed by atoms with Crippen LogP contribution in [-0.2, 0) is 6.54 Å². The van der Waals surface area contributed by atoms with Crippen molar-refractivity contribution in [2.45, 2.75) is 16.3 Å². The van der Waals surface area contributed by atoms with Crippen molar-refractivity contribution in [2.24, 2.45) is 0 Å². The summed E-state index contributed by atoms with van der Waals surface area (Å²) in [6.07, 6.45) is 0. The first-order valence-corrected chi connectivity index (χ1v) is 12.0. The van der Waals surface area contributed by atoms with Crippen LogP contribution < -0.4 is 25.4 Å². The van der Waals surface area contributed by atoms with E-state index in [1.165, 1.54) is 16.7 Å². The van der Waals surface area contributed by atoms with Crippen molar-refractivity contribution in [2.75, 3.05) is 13.9 Å². The third-order valence-electron chi connectivity index (χ3n) is 6.08. The highest BCUT2D eigenvalue weighted by atomic mass is 32.2. The lowest BCUT2D eigenvalue weighted by molar-refractivity contribution is 0.174. The van der Waals surface area contributed by atoms with Gasteiger partial charge in [0.05, 0.1) is 19.2 Å². The van der Waals surface area contributed by atoms with Crippen LogP contribution in [0.5, 0.6) is 23.0 Å². The van der Waals surface area contributed by atoms with Crippen molar-refractivity contribution >= 4 is 33.6 Å². The standard InChI is InChI=1S/C27H18FNO7S/c1-33-16-6-8-17(9-7-16)37-25-23(30)22-24(36-27(25)32)18-10-20-21(35-13-34-20)11-19(18)29(26(22)31)12-14-2-4-15(28)5-3-14/h2-11,30H,12-13H2,1H3. The molecular weight excluding hydrogens is 501 g/mol. The molecule has 5 aromatic rings. The van der Waals surface area contributed by atoms with E-state index in [1.54, 1.807) is 55.6 Å². The summed E-state index contributed by atoms with van der Waals surface area (Å²) in [6.45, 7) is 0.0777. The zero-order chi connectivity index (χ0) is 25.7. The second kappa shape index (κ2) is 8.90. The predicted molar refractivity (Wildman–Crippen MR) is 135 cm³/mol. The number of hydrogen-bond donors (Lipinski definition) is 1. The van der Waals surface area contributed by atoms with Gasteiger partial charge < -0.3 is 28.3 Å². The van der Waals surface area contributed by atoms with Crippen molar-refractivity contribution in [1.82, 2.24) is 4.57 Å². The summed E-state index contributed by atoms with van der Waals surface area (Å²) in [4.78, 5) is 27.3. The summed E-state index contributed by atoms with van der Waals surface area (Å²) in [6, 6.07) is 15.9. The summed E-state index contributed by atoms with van der Waals surface area (Å²) < 4.78 is 36.7. The second-order valence-electron chi connectivity index (χ2n) is 8.29. The average molecular weight is 520 g/mol. The summed E-state index contributed by atoms with van der Waals surface area (Å²) in [5, 5.41) is 11.5. The Hall–Kier alpha value is -4.44. The number of ether oxygens (including phenoxy) is 3. The number of hydrogen-bond acceptors (Lipinski definition) is 8. The third kappa shape index (κ3) is 3.95. The number of pyridine rings is 1. The minimum Gasteiger partial charge on any atom is -0.505 e. The van der Waals surface area contributed by atoms with Crippen molar-refractivity contribution in [1.29, 1.82) is 0 Å². The van der Waals surface area contributed by atoms with E-state index in [-0.39, 0.29) is 29.2 Å². The van der Waals surface area contributed by atoms with Gasteiger partial charge in [-0.2, -0.15) is 0 Å². The molecule has 0 fully saturated rings. The van der Waals surface area contributed by atoms with E-state index in [4.69, 9.17) is 18.6 Å². The van der Waals surface area contributed by atoms with Gasteiger partial charge in [-0.25, -0.2) is 9.18 Å². The van der Waals surface area contributed by atoms with Gasteiger partial charge in [-0.3, -0.25) is 4.79 Å². The van der Waals surface area contributed by atoms with Crippen molar-refractivity contribution in [3.63, 3.8) is 0 Å². The molecule has 37 heavy (non-hydrogen) atoms. The molecule has 1 aliphatic heterocycles. The molecule has 0 amide bonds. The number of benzene rings is 3. The third-order valence-corrected chi connectivity index (χ3v) is 7.15. The Morgan fingerprint density at radius 2 is 1.73 bits per heavy atom. The fourth-order valence-corrected chi connectivity index (χ4v) is 5.09. The molecular formula is C27H18FNO7S. The van der Waals surface area contributed by atoms with E-state index in [0.717, 1.165) is 11.8 Å². The Bertz CT molecular complexity index is 1790. The zero-order valence-electron chi connectivity index (χ0n) is 19.3. The molecule has 0 atom stereocenters. The van der Waals surface area contributed by atoms with E-state index in [2.05, 4.69) is 0 Å². The fraction of sp³-hybridized carbons (Fsp3) is 0.111. The summed E-state index contributed by atoms with van der Waals surface area (Å²) >= 11 is 0.974. The van der Waals surface area contributed by atoms with Gasteiger partial charge in [-0.15, -0.1) is 0 Å². The SMILES string of the molecule is COc1ccc(Sc2c(O)c3c(=O)n(Cc4ccc(F)cc4)c4cc5c(cc4c3oc2=O)OCO5)cc1. The molecule has 6 rings (SSSR count). The van der Waals surface area contributed by atoms with Gasteiger partial charge in [0.15, 0.2) is 22.8 Å². The van der Waals surface area contributed by atoms with E-state index in [9.17, 15) is 19.1 Å². The van der Waals surface area contributed by atoms with E-state index < -0.39 is 22.8 Å². The fourth-order valence-electron chi connectivity index (χ4n) is 4.26. The van der Waals surface area contributed by atoms with Crippen LogP contribution in [0.25, 0.3) is 21.9 Å². The highest BCUT2D eigenvalue weighted by molar-refractivity contribution is 7.99. The maximum atomic E-state index is 13.8. The first-order chi connectivity index (χ1) is 17.9. The lowest BCUT2D eigenvalue weighted by Crippen LogP contribution is -2.23. The van der Waals surface area contributed by atoms with Crippen LogP contribution in [0.4, 0.5) is 4.39 Å². The summed E-state index contributed by atoms with van der Waals surface area (Å²) in [5.41, 5.74) is -0.366. The Balaban J connectivity index is 1.60. The van der Waals surface area contributed by atoms with Gasteiger partial charge in [0.1, 0.15) is 21.8 Å². The number of aromatic nitrogens is 1. The van der Waals surface area contributed by atoms with Crippen LogP contribution in [-0.4, -0.2) is 23.6 Å². The highest BCUT2D eigenvalue weighted by Crippen LogP contribution is 2.41. The molecule has 3 aromatic carbocycles.